The van der Waals surface area contributed by atoms with Gasteiger partial charge in [-0.3, -0.25) is 0 Å². The molecule has 0 aromatic heterocycles. The molecule has 0 aromatic carbocycles. The van der Waals surface area contributed by atoms with E-state index in [-0.39, 0.29) is 0 Å². The minimum atomic E-state index is -3.02. The number of nitrogens with one attached hydrogen (secondary N) is 1. The molecule has 1 rings (SSSR count). The van der Waals surface area contributed by atoms with Gasteiger partial charge in [0, 0.05) is 13.1 Å². The standard InChI is InChI=1S/C14H30N2O2S/c1-12(14(2,3)4)9-15-10-13-7-6-8-16(11-13)19(5,17)18/h12-13,15H,6-11H2,1-5H3. The predicted octanol–water partition coefficient (Wildman–Crippen LogP) is 1.93. The first kappa shape index (κ1) is 16.9. The van der Waals surface area contributed by atoms with Crippen LogP contribution in [-0.4, -0.2) is 45.2 Å². The topological polar surface area (TPSA) is 49.4 Å². The monoisotopic (exact) mass is 290 g/mol. The molecule has 0 aromatic rings. The zero-order valence-electron chi connectivity index (χ0n) is 13.1. The van der Waals surface area contributed by atoms with Gasteiger partial charge in [0.2, 0.25) is 10.0 Å². The number of sulfonamides is 1. The minimum absolute atomic E-state index is 0.318. The SMILES string of the molecule is CC(CNCC1CCCN(S(C)(=O)=O)C1)C(C)(C)C. The Morgan fingerprint density at radius 1 is 1.37 bits per heavy atom. The van der Waals surface area contributed by atoms with Crippen molar-refractivity contribution >= 4 is 10.0 Å². The van der Waals surface area contributed by atoms with Gasteiger partial charge >= 0.3 is 0 Å². The van der Waals surface area contributed by atoms with E-state index in [9.17, 15) is 8.42 Å². The van der Waals surface area contributed by atoms with Gasteiger partial charge in [-0.1, -0.05) is 27.7 Å². The van der Waals surface area contributed by atoms with Crippen LogP contribution in [0.25, 0.3) is 0 Å². The van der Waals surface area contributed by atoms with Gasteiger partial charge in [-0.05, 0) is 43.2 Å². The van der Waals surface area contributed by atoms with Crippen molar-refractivity contribution < 1.29 is 8.42 Å². The molecule has 4 nitrogen and oxygen atoms in total. The van der Waals surface area contributed by atoms with E-state index in [0.29, 0.717) is 30.3 Å². The molecule has 19 heavy (non-hydrogen) atoms. The summed E-state index contributed by atoms with van der Waals surface area (Å²) in [4.78, 5) is 0. The van der Waals surface area contributed by atoms with Crippen LogP contribution in [0, 0.1) is 17.3 Å². The van der Waals surface area contributed by atoms with Crippen LogP contribution in [0.15, 0.2) is 0 Å². The van der Waals surface area contributed by atoms with E-state index >= 15 is 0 Å². The van der Waals surface area contributed by atoms with Crippen LogP contribution in [0.5, 0.6) is 0 Å². The van der Waals surface area contributed by atoms with Gasteiger partial charge in [0.05, 0.1) is 6.26 Å². The van der Waals surface area contributed by atoms with Crippen LogP contribution in [0.3, 0.4) is 0 Å². The van der Waals surface area contributed by atoms with Crippen LogP contribution in [0.4, 0.5) is 0 Å². The summed E-state index contributed by atoms with van der Waals surface area (Å²) in [6.45, 7) is 12.3. The van der Waals surface area contributed by atoms with Crippen molar-refractivity contribution in [2.75, 3.05) is 32.4 Å². The molecule has 0 bridgehead atoms. The zero-order chi connectivity index (χ0) is 14.7. The van der Waals surface area contributed by atoms with Gasteiger partial charge in [0.1, 0.15) is 0 Å². The molecule has 0 amide bonds. The molecular weight excluding hydrogens is 260 g/mol. The first-order chi connectivity index (χ1) is 8.60. The molecule has 0 saturated carbocycles. The van der Waals surface area contributed by atoms with Gasteiger partial charge in [-0.25, -0.2) is 12.7 Å². The van der Waals surface area contributed by atoms with Crippen LogP contribution in [0.1, 0.15) is 40.5 Å². The number of piperidine rings is 1. The fraction of sp³-hybridized carbons (Fsp3) is 1.00. The average Bonchev–Trinajstić information content (AvgIpc) is 2.27. The summed E-state index contributed by atoms with van der Waals surface area (Å²) in [6.07, 6.45) is 3.42. The fourth-order valence-electron chi connectivity index (χ4n) is 2.30. The molecule has 1 aliphatic heterocycles. The first-order valence-corrected chi connectivity index (χ1v) is 9.11. The molecule has 2 unspecified atom stereocenters. The third-order valence-corrected chi connectivity index (χ3v) is 5.58. The van der Waals surface area contributed by atoms with E-state index in [1.807, 2.05) is 0 Å². The Hall–Kier alpha value is -0.130. The van der Waals surface area contributed by atoms with Crippen LogP contribution in [0.2, 0.25) is 0 Å². The summed E-state index contributed by atoms with van der Waals surface area (Å²) in [5.74, 6) is 1.07. The van der Waals surface area contributed by atoms with E-state index in [1.54, 1.807) is 4.31 Å². The lowest BCUT2D eigenvalue weighted by molar-refractivity contribution is 0.229. The fourth-order valence-corrected chi connectivity index (χ4v) is 3.25. The first-order valence-electron chi connectivity index (χ1n) is 7.26. The summed E-state index contributed by atoms with van der Waals surface area (Å²) in [7, 11) is -3.02. The molecule has 5 heteroatoms. The quantitative estimate of drug-likeness (QED) is 0.842. The minimum Gasteiger partial charge on any atom is -0.316 e. The van der Waals surface area contributed by atoms with Crippen molar-refractivity contribution in [2.45, 2.75) is 40.5 Å². The van der Waals surface area contributed by atoms with Crippen molar-refractivity contribution in [3.05, 3.63) is 0 Å². The Labute approximate surface area is 119 Å². The van der Waals surface area contributed by atoms with E-state index < -0.39 is 10.0 Å². The third-order valence-electron chi connectivity index (χ3n) is 4.31. The molecule has 114 valence electrons. The molecule has 2 atom stereocenters. The summed E-state index contributed by atoms with van der Waals surface area (Å²) in [5.41, 5.74) is 0.318. The van der Waals surface area contributed by atoms with Gasteiger partial charge in [-0.15, -0.1) is 0 Å². The molecule has 0 radical (unpaired) electrons. The molecule has 1 fully saturated rings. The second kappa shape index (κ2) is 6.55. The Morgan fingerprint density at radius 2 is 2.00 bits per heavy atom. The molecule has 0 spiro atoms. The Kier molecular flexibility index (Phi) is 5.83. The van der Waals surface area contributed by atoms with Crippen LogP contribution in [-0.2, 0) is 10.0 Å². The maximum Gasteiger partial charge on any atom is 0.211 e. The van der Waals surface area contributed by atoms with Crippen molar-refractivity contribution in [2.24, 2.45) is 17.3 Å². The second-order valence-electron chi connectivity index (χ2n) is 7.05. The highest BCUT2D eigenvalue weighted by Gasteiger charge is 2.26. The van der Waals surface area contributed by atoms with E-state index in [2.05, 4.69) is 33.0 Å². The Morgan fingerprint density at radius 3 is 2.53 bits per heavy atom. The lowest BCUT2D eigenvalue weighted by atomic mass is 9.82. The summed E-state index contributed by atoms with van der Waals surface area (Å²) in [5, 5.41) is 3.51. The number of rotatable bonds is 5. The largest absolute Gasteiger partial charge is 0.316 e. The lowest BCUT2D eigenvalue weighted by Crippen LogP contribution is -2.43. The molecule has 1 heterocycles. The molecule has 1 saturated heterocycles. The molecule has 1 N–H and O–H groups in total. The number of hydrogen-bond acceptors (Lipinski definition) is 3. The van der Waals surface area contributed by atoms with Gasteiger partial charge < -0.3 is 5.32 Å². The Bertz CT molecular complexity index is 373. The van der Waals surface area contributed by atoms with E-state index in [1.165, 1.54) is 6.26 Å². The zero-order valence-corrected chi connectivity index (χ0v) is 13.9. The van der Waals surface area contributed by atoms with Crippen LogP contribution < -0.4 is 5.32 Å². The lowest BCUT2D eigenvalue weighted by Gasteiger charge is -2.32. The normalized spacial score (nSPS) is 24.4. The van der Waals surface area contributed by atoms with Crippen LogP contribution >= 0.6 is 0 Å². The van der Waals surface area contributed by atoms with E-state index in [4.69, 9.17) is 0 Å². The average molecular weight is 290 g/mol. The van der Waals surface area contributed by atoms with Gasteiger partial charge in [0.15, 0.2) is 0 Å². The van der Waals surface area contributed by atoms with Gasteiger partial charge in [0.25, 0.3) is 0 Å². The van der Waals surface area contributed by atoms with Crippen molar-refractivity contribution in [1.29, 1.82) is 0 Å². The smallest absolute Gasteiger partial charge is 0.211 e. The molecule has 0 aliphatic carbocycles. The highest BCUT2D eigenvalue weighted by atomic mass is 32.2. The van der Waals surface area contributed by atoms with Crippen molar-refractivity contribution in [3.8, 4) is 0 Å². The summed E-state index contributed by atoms with van der Waals surface area (Å²) >= 11 is 0. The highest BCUT2D eigenvalue weighted by molar-refractivity contribution is 7.88. The molecular formula is C14H30N2O2S. The van der Waals surface area contributed by atoms with E-state index in [0.717, 1.165) is 25.9 Å². The third kappa shape index (κ3) is 5.79. The van der Waals surface area contributed by atoms with Crippen molar-refractivity contribution in [1.82, 2.24) is 9.62 Å². The summed E-state index contributed by atoms with van der Waals surface area (Å²) in [6, 6.07) is 0. The number of hydrogen-bond donors (Lipinski definition) is 1. The maximum absolute atomic E-state index is 11.6. The maximum atomic E-state index is 11.6. The van der Waals surface area contributed by atoms with Crippen molar-refractivity contribution in [3.63, 3.8) is 0 Å². The number of nitrogens with zero attached hydrogens (tertiary/aromatic N) is 1. The summed E-state index contributed by atoms with van der Waals surface area (Å²) < 4.78 is 24.7. The highest BCUT2D eigenvalue weighted by Crippen LogP contribution is 2.24. The molecule has 1 aliphatic rings. The predicted molar refractivity (Wildman–Crippen MR) is 80.6 cm³/mol. The second-order valence-corrected chi connectivity index (χ2v) is 9.04. The van der Waals surface area contributed by atoms with Gasteiger partial charge in [-0.2, -0.15) is 0 Å². The Balaban J connectivity index is 2.34.